The lowest BCUT2D eigenvalue weighted by molar-refractivity contribution is -0.258. The molecule has 3 saturated heterocycles. The molecule has 0 radical (unpaired) electrons. The number of carbonyl (C=O) groups excluding carboxylic acids is 4. The molecule has 13 nitrogen and oxygen atoms in total. The summed E-state index contributed by atoms with van der Waals surface area (Å²) in [5.74, 6) is -3.11. The molecule has 3 heterocycles. The van der Waals surface area contributed by atoms with Crippen molar-refractivity contribution in [1.82, 2.24) is 0 Å². The predicted octanol–water partition coefficient (Wildman–Crippen LogP) is 2.35. The maximum atomic E-state index is 13.6. The summed E-state index contributed by atoms with van der Waals surface area (Å²) in [7, 11) is 1.59. The summed E-state index contributed by atoms with van der Waals surface area (Å²) in [6, 6.07) is 0. The van der Waals surface area contributed by atoms with Gasteiger partial charge in [-0.05, 0) is 45.1 Å². The van der Waals surface area contributed by atoms with Gasteiger partial charge in [-0.1, -0.05) is 19.4 Å². The maximum absolute atomic E-state index is 13.6. The van der Waals surface area contributed by atoms with Gasteiger partial charge in [-0.25, -0.2) is 4.79 Å². The second-order valence-electron chi connectivity index (χ2n) is 13.5. The third kappa shape index (κ3) is 5.38. The molecule has 1 spiro atoms. The number of carbonyl (C=O) groups is 4. The van der Waals surface area contributed by atoms with Gasteiger partial charge in [-0.15, -0.1) is 0 Å². The highest BCUT2D eigenvalue weighted by atomic mass is 16.8. The van der Waals surface area contributed by atoms with Crippen LogP contribution in [0.15, 0.2) is 11.6 Å². The molecule has 0 amide bonds. The molecule has 45 heavy (non-hydrogen) atoms. The second kappa shape index (κ2) is 11.9. The van der Waals surface area contributed by atoms with Gasteiger partial charge in [-0.3, -0.25) is 14.4 Å². The number of ether oxygens (including phenoxy) is 8. The summed E-state index contributed by atoms with van der Waals surface area (Å²) >= 11 is 0. The monoisotopic (exact) mass is 638 g/mol. The van der Waals surface area contributed by atoms with Gasteiger partial charge in [0.15, 0.2) is 18.7 Å². The number of esters is 4. The van der Waals surface area contributed by atoms with Crippen LogP contribution in [0.5, 0.6) is 0 Å². The second-order valence-corrected chi connectivity index (χ2v) is 13.5. The summed E-state index contributed by atoms with van der Waals surface area (Å²) in [5.41, 5.74) is -4.25. The fraction of sp³-hybridized carbons (Fsp3) is 0.812. The number of fused-ring (bicyclic) bond motifs is 3. The molecule has 1 N–H and O–H groups in total. The van der Waals surface area contributed by atoms with Gasteiger partial charge in [0.2, 0.25) is 5.60 Å². The van der Waals surface area contributed by atoms with Gasteiger partial charge >= 0.3 is 23.9 Å². The smallest absolute Gasteiger partial charge is 0.350 e. The van der Waals surface area contributed by atoms with Crippen molar-refractivity contribution in [2.24, 2.45) is 22.7 Å². The van der Waals surface area contributed by atoms with Crippen LogP contribution in [-0.2, 0) is 57.1 Å². The van der Waals surface area contributed by atoms with Crippen LogP contribution in [-0.4, -0.2) is 97.5 Å². The highest BCUT2D eigenvalue weighted by Crippen LogP contribution is 2.69. The van der Waals surface area contributed by atoms with Gasteiger partial charge in [0.25, 0.3) is 0 Å². The minimum atomic E-state index is -1.62. The molecule has 13 heteroatoms. The molecule has 3 aliphatic heterocycles. The fourth-order valence-electron chi connectivity index (χ4n) is 8.37. The highest BCUT2D eigenvalue weighted by Gasteiger charge is 2.81. The summed E-state index contributed by atoms with van der Waals surface area (Å²) < 4.78 is 47.2. The van der Waals surface area contributed by atoms with Crippen molar-refractivity contribution in [3.8, 4) is 0 Å². The summed E-state index contributed by atoms with van der Waals surface area (Å²) in [5, 5.41) is 11.8. The largest absolute Gasteiger partial charge is 0.465 e. The van der Waals surface area contributed by atoms with Crippen LogP contribution >= 0.6 is 0 Å². The van der Waals surface area contributed by atoms with E-state index < -0.39 is 76.4 Å². The van der Waals surface area contributed by atoms with E-state index in [0.29, 0.717) is 12.8 Å². The molecule has 2 aliphatic carbocycles. The average molecular weight is 639 g/mol. The van der Waals surface area contributed by atoms with Gasteiger partial charge in [0, 0.05) is 45.6 Å². The Labute approximate surface area is 263 Å². The van der Waals surface area contributed by atoms with Crippen LogP contribution in [0.25, 0.3) is 0 Å². The molecule has 0 aromatic heterocycles. The zero-order chi connectivity index (χ0) is 33.1. The lowest BCUT2D eigenvalue weighted by Gasteiger charge is -2.62. The molecule has 0 unspecified atom stereocenters. The van der Waals surface area contributed by atoms with Gasteiger partial charge in [0.1, 0.15) is 18.3 Å². The van der Waals surface area contributed by atoms with Crippen molar-refractivity contribution in [2.45, 2.75) is 122 Å². The van der Waals surface area contributed by atoms with Crippen LogP contribution in [0.1, 0.15) is 74.1 Å². The van der Waals surface area contributed by atoms with E-state index in [1.165, 1.54) is 27.7 Å². The summed E-state index contributed by atoms with van der Waals surface area (Å²) in [4.78, 5) is 50.4. The number of aliphatic hydroxyl groups excluding tert-OH is 1. The number of hydrogen-bond donors (Lipinski definition) is 1. The quantitative estimate of drug-likeness (QED) is 0.169. The molecular formula is C32H46O13. The lowest BCUT2D eigenvalue weighted by Crippen LogP contribution is -2.73. The van der Waals surface area contributed by atoms with Gasteiger partial charge in [0.05, 0.1) is 24.2 Å². The van der Waals surface area contributed by atoms with Gasteiger partial charge < -0.3 is 43.0 Å². The zero-order valence-electron chi connectivity index (χ0n) is 27.3. The van der Waals surface area contributed by atoms with E-state index in [2.05, 4.69) is 0 Å². The van der Waals surface area contributed by atoms with Crippen molar-refractivity contribution >= 4 is 23.9 Å². The Kier molecular flexibility index (Phi) is 8.93. The zero-order valence-corrected chi connectivity index (χ0v) is 27.3. The Hall–Kier alpha value is -2.58. The van der Waals surface area contributed by atoms with E-state index >= 15 is 0 Å². The molecule has 1 saturated carbocycles. The van der Waals surface area contributed by atoms with E-state index in [9.17, 15) is 24.3 Å². The molecule has 12 atom stereocenters. The Morgan fingerprint density at radius 1 is 1.04 bits per heavy atom. The normalized spacial score (nSPS) is 42.9. The van der Waals surface area contributed by atoms with Crippen molar-refractivity contribution in [2.75, 3.05) is 20.3 Å². The Balaban J connectivity index is 1.60. The van der Waals surface area contributed by atoms with Crippen LogP contribution in [0.2, 0.25) is 0 Å². The third-order valence-electron chi connectivity index (χ3n) is 11.1. The average Bonchev–Trinajstić information content (AvgIpc) is 3.50. The first-order chi connectivity index (χ1) is 21.1. The van der Waals surface area contributed by atoms with E-state index in [-0.39, 0.29) is 44.4 Å². The molecule has 5 aliphatic rings. The number of epoxide rings is 1. The molecule has 4 fully saturated rings. The molecule has 0 aromatic rings. The van der Waals surface area contributed by atoms with Crippen molar-refractivity contribution in [1.29, 1.82) is 0 Å². The topological polar surface area (TPSA) is 166 Å². The molecule has 0 aromatic carbocycles. The Morgan fingerprint density at radius 2 is 1.73 bits per heavy atom. The van der Waals surface area contributed by atoms with E-state index in [1.54, 1.807) is 14.0 Å². The first-order valence-electron chi connectivity index (χ1n) is 15.6. The maximum Gasteiger partial charge on any atom is 0.350 e. The van der Waals surface area contributed by atoms with Crippen molar-refractivity contribution in [3.63, 3.8) is 0 Å². The molecule has 0 bridgehead atoms. The van der Waals surface area contributed by atoms with E-state index in [0.717, 1.165) is 5.57 Å². The SMILES string of the molecule is CC[C@@](C)(OC(C)=O)C(=O)O[C@H]1[C@H](O)C[C@@H]2[C@@](C)([C@@H]3C[C@H]4C[C@@H](OC)O[C@H]4O3)C(C)=C[C@H](OC(C)=O)[C@@]2(COC(C)=O)[C@@]12CO2. The Bertz CT molecular complexity index is 1230. The molecule has 5 rings (SSSR count). The minimum Gasteiger partial charge on any atom is -0.465 e. The van der Waals surface area contributed by atoms with Crippen LogP contribution in [0.3, 0.4) is 0 Å². The molecular weight excluding hydrogens is 592 g/mol. The number of rotatable bonds is 9. The first-order valence-corrected chi connectivity index (χ1v) is 15.6. The fourth-order valence-corrected chi connectivity index (χ4v) is 8.37. The van der Waals surface area contributed by atoms with Crippen molar-refractivity contribution in [3.05, 3.63) is 11.6 Å². The van der Waals surface area contributed by atoms with E-state index in [4.69, 9.17) is 37.9 Å². The summed E-state index contributed by atoms with van der Waals surface area (Å²) in [6.07, 6.45) is -1.34. The Morgan fingerprint density at radius 3 is 2.27 bits per heavy atom. The number of methoxy groups -OCH3 is 1. The minimum absolute atomic E-state index is 0.0202. The molecule has 252 valence electrons. The standard InChI is InChI=1S/C32H46O13/c1-9-29(6,45-19(5)35)28(37)44-26-21(36)13-22-30(7,23-11-20-12-25(38-8)43-27(20)42-23)16(2)10-24(41-18(4)34)31(22,14-39-17(3)33)32(26)15-40-32/h10,20-27,36H,9,11-15H2,1-8H3/t20-,21+,22+,23-,24-,25-,26-,27+,29+,30-,31-,32+/m0/s1. The lowest BCUT2D eigenvalue weighted by atomic mass is 9.44. The van der Waals surface area contributed by atoms with Crippen molar-refractivity contribution < 1.29 is 62.2 Å². The third-order valence-corrected chi connectivity index (χ3v) is 11.1. The van der Waals surface area contributed by atoms with E-state index in [1.807, 2.05) is 19.9 Å². The number of hydrogen-bond acceptors (Lipinski definition) is 13. The number of aliphatic hydroxyl groups is 1. The van der Waals surface area contributed by atoms with Crippen LogP contribution < -0.4 is 0 Å². The predicted molar refractivity (Wildman–Crippen MR) is 153 cm³/mol. The van der Waals surface area contributed by atoms with Crippen LogP contribution in [0.4, 0.5) is 0 Å². The highest BCUT2D eigenvalue weighted by molar-refractivity contribution is 5.82. The van der Waals surface area contributed by atoms with Crippen LogP contribution in [0, 0.1) is 22.7 Å². The first kappa shape index (κ1) is 33.8. The van der Waals surface area contributed by atoms with Gasteiger partial charge in [-0.2, -0.15) is 0 Å². The summed E-state index contributed by atoms with van der Waals surface area (Å²) in [6.45, 7) is 10.6.